The average molecular weight is 289 g/mol. The Morgan fingerprint density at radius 1 is 1.43 bits per heavy atom. The van der Waals surface area contributed by atoms with Crippen molar-refractivity contribution in [2.45, 2.75) is 10.9 Å². The summed E-state index contributed by atoms with van der Waals surface area (Å²) in [6.07, 6.45) is -2.10. The Morgan fingerprint density at radius 3 is 2.43 bits per heavy atom. The number of alkyl halides is 3. The van der Waals surface area contributed by atoms with Gasteiger partial charge in [-0.3, -0.25) is 0 Å². The Balaban J connectivity index is 3.08. The van der Waals surface area contributed by atoms with E-state index in [-0.39, 0.29) is 10.6 Å². The number of rotatable bonds is 2. The highest BCUT2D eigenvalue weighted by molar-refractivity contribution is 9.10. The molecule has 1 aromatic carbocycles. The second-order valence-corrected chi connectivity index (χ2v) is 4.07. The third-order valence-corrected chi connectivity index (χ3v) is 2.33. The summed E-state index contributed by atoms with van der Waals surface area (Å²) in [6.45, 7) is 0. The van der Waals surface area contributed by atoms with Gasteiger partial charge in [-0.15, -0.1) is 0 Å². The van der Waals surface area contributed by atoms with Crippen LogP contribution >= 0.6 is 27.5 Å². The smallest absolute Gasteiger partial charge is 0.330 e. The molecule has 14 heavy (non-hydrogen) atoms. The lowest BCUT2D eigenvalue weighted by Gasteiger charge is -2.17. The number of hydrogen-bond acceptors (Lipinski definition) is 1. The van der Waals surface area contributed by atoms with Gasteiger partial charge in [-0.2, -0.15) is 8.78 Å². The fourth-order valence-electron chi connectivity index (χ4n) is 0.900. The summed E-state index contributed by atoms with van der Waals surface area (Å²) in [6, 6.07) is 2.82. The monoisotopic (exact) mass is 288 g/mol. The summed E-state index contributed by atoms with van der Waals surface area (Å²) >= 11 is 7.47. The molecule has 1 aromatic rings. The molecule has 0 aliphatic heterocycles. The van der Waals surface area contributed by atoms with Crippen LogP contribution in [0.2, 0.25) is 5.02 Å². The molecule has 1 nitrogen and oxygen atoms in total. The van der Waals surface area contributed by atoms with Gasteiger partial charge in [-0.25, -0.2) is 4.39 Å². The van der Waals surface area contributed by atoms with E-state index in [1.54, 1.807) is 0 Å². The highest BCUT2D eigenvalue weighted by atomic mass is 79.9. The Bertz CT molecular complexity index is 340. The van der Waals surface area contributed by atoms with Crippen LogP contribution < -0.4 is 0 Å². The summed E-state index contributed by atoms with van der Waals surface area (Å²) < 4.78 is 37.7. The third kappa shape index (κ3) is 2.62. The maximum atomic E-state index is 12.6. The highest BCUT2D eigenvalue weighted by Crippen LogP contribution is 2.39. The minimum absolute atomic E-state index is 0.227. The largest absolute Gasteiger partial charge is 0.381 e. The summed E-state index contributed by atoms with van der Waals surface area (Å²) in [4.78, 5) is -3.49. The first-order chi connectivity index (χ1) is 6.32. The van der Waals surface area contributed by atoms with Gasteiger partial charge in [0.15, 0.2) is 6.10 Å². The van der Waals surface area contributed by atoms with Gasteiger partial charge in [0.25, 0.3) is 0 Å². The van der Waals surface area contributed by atoms with Crippen LogP contribution in [-0.4, -0.2) is 9.94 Å². The van der Waals surface area contributed by atoms with E-state index in [0.29, 0.717) is 0 Å². The van der Waals surface area contributed by atoms with E-state index in [1.165, 1.54) is 0 Å². The molecule has 1 rings (SSSR count). The van der Waals surface area contributed by atoms with Crippen LogP contribution in [0.1, 0.15) is 11.7 Å². The van der Waals surface area contributed by atoms with Crippen molar-refractivity contribution >= 4 is 27.5 Å². The van der Waals surface area contributed by atoms with Crippen LogP contribution in [0.4, 0.5) is 13.2 Å². The first-order valence-electron chi connectivity index (χ1n) is 3.52. The van der Waals surface area contributed by atoms with Gasteiger partial charge in [-0.1, -0.05) is 17.7 Å². The number of hydrogen-bond donors (Lipinski definition) is 1. The zero-order chi connectivity index (χ0) is 10.9. The molecule has 6 heteroatoms. The molecule has 0 heterocycles. The molecule has 0 saturated carbocycles. The predicted molar refractivity (Wildman–Crippen MR) is 50.2 cm³/mol. The molecule has 0 fully saturated rings. The normalized spacial score (nSPS) is 14.1. The molecule has 0 saturated heterocycles. The Hall–Kier alpha value is -0.260. The topological polar surface area (TPSA) is 20.2 Å². The average Bonchev–Trinajstić information content (AvgIpc) is 2.01. The molecule has 0 amide bonds. The van der Waals surface area contributed by atoms with Gasteiger partial charge >= 0.3 is 4.83 Å². The standard InChI is InChI=1S/C8H5BrClF3O/c9-8(12,13)7(14)5-2-1-4(11)3-6(5)10/h1-3,7,14H. The second-order valence-electron chi connectivity index (χ2n) is 2.61. The van der Waals surface area contributed by atoms with E-state index in [9.17, 15) is 13.2 Å². The first-order valence-corrected chi connectivity index (χ1v) is 4.69. The molecule has 0 spiro atoms. The van der Waals surface area contributed by atoms with Gasteiger partial charge in [0.1, 0.15) is 5.82 Å². The highest BCUT2D eigenvalue weighted by Gasteiger charge is 2.37. The van der Waals surface area contributed by atoms with E-state index in [0.717, 1.165) is 18.2 Å². The zero-order valence-corrected chi connectivity index (χ0v) is 8.99. The summed E-state index contributed by atoms with van der Waals surface area (Å²) in [5.74, 6) is -0.649. The molecule has 1 unspecified atom stereocenters. The molecule has 0 aromatic heterocycles. The Kier molecular flexibility index (Phi) is 3.44. The summed E-state index contributed by atoms with van der Waals surface area (Å²) in [7, 11) is 0. The number of halogens is 5. The number of benzene rings is 1. The molecular formula is C8H5BrClF3O. The molecule has 0 radical (unpaired) electrons. The van der Waals surface area contributed by atoms with Crippen LogP contribution in [0.15, 0.2) is 18.2 Å². The summed E-state index contributed by atoms with van der Waals surface area (Å²) in [5, 5.41) is 8.89. The Morgan fingerprint density at radius 2 is 2.00 bits per heavy atom. The van der Waals surface area contributed by atoms with E-state index in [1.807, 2.05) is 15.9 Å². The quantitative estimate of drug-likeness (QED) is 0.826. The SMILES string of the molecule is OC(c1ccc(F)cc1Cl)C(F)(F)Br. The van der Waals surface area contributed by atoms with E-state index in [4.69, 9.17) is 16.7 Å². The van der Waals surface area contributed by atoms with Crippen molar-refractivity contribution in [3.05, 3.63) is 34.6 Å². The molecule has 1 N–H and O–H groups in total. The van der Waals surface area contributed by atoms with Gasteiger partial charge in [0.2, 0.25) is 0 Å². The van der Waals surface area contributed by atoms with Crippen molar-refractivity contribution in [2.24, 2.45) is 0 Å². The third-order valence-electron chi connectivity index (χ3n) is 1.57. The minimum atomic E-state index is -3.49. The molecular weight excluding hydrogens is 284 g/mol. The van der Waals surface area contributed by atoms with Crippen molar-refractivity contribution in [3.8, 4) is 0 Å². The molecule has 0 bridgehead atoms. The van der Waals surface area contributed by atoms with E-state index < -0.39 is 16.8 Å². The number of aliphatic hydroxyl groups excluding tert-OH is 1. The van der Waals surface area contributed by atoms with Gasteiger partial charge < -0.3 is 5.11 Å². The minimum Gasteiger partial charge on any atom is -0.381 e. The lowest BCUT2D eigenvalue weighted by molar-refractivity contribution is -0.0294. The molecule has 78 valence electrons. The molecule has 0 aliphatic rings. The van der Waals surface area contributed by atoms with Crippen molar-refractivity contribution in [1.29, 1.82) is 0 Å². The molecule has 0 aliphatic carbocycles. The maximum Gasteiger partial charge on any atom is 0.330 e. The van der Waals surface area contributed by atoms with Crippen LogP contribution in [0.25, 0.3) is 0 Å². The number of aliphatic hydroxyl groups is 1. The van der Waals surface area contributed by atoms with Crippen molar-refractivity contribution in [2.75, 3.05) is 0 Å². The van der Waals surface area contributed by atoms with Crippen molar-refractivity contribution < 1.29 is 18.3 Å². The lowest BCUT2D eigenvalue weighted by Crippen LogP contribution is -2.18. The van der Waals surface area contributed by atoms with Gasteiger partial charge in [0, 0.05) is 10.6 Å². The van der Waals surface area contributed by atoms with Crippen molar-refractivity contribution in [1.82, 2.24) is 0 Å². The second kappa shape index (κ2) is 4.08. The van der Waals surface area contributed by atoms with Crippen molar-refractivity contribution in [3.63, 3.8) is 0 Å². The first kappa shape index (κ1) is 11.8. The lowest BCUT2D eigenvalue weighted by atomic mass is 10.1. The fourth-order valence-corrected chi connectivity index (χ4v) is 1.42. The van der Waals surface area contributed by atoms with Crippen LogP contribution in [-0.2, 0) is 0 Å². The van der Waals surface area contributed by atoms with Crippen LogP contribution in [0, 0.1) is 5.82 Å². The van der Waals surface area contributed by atoms with E-state index >= 15 is 0 Å². The molecule has 1 atom stereocenters. The van der Waals surface area contributed by atoms with Crippen LogP contribution in [0.5, 0.6) is 0 Å². The van der Waals surface area contributed by atoms with Crippen LogP contribution in [0.3, 0.4) is 0 Å². The van der Waals surface area contributed by atoms with E-state index in [2.05, 4.69) is 0 Å². The van der Waals surface area contributed by atoms with Gasteiger partial charge in [-0.05, 0) is 28.1 Å². The Labute approximate surface area is 91.6 Å². The maximum absolute atomic E-state index is 12.6. The van der Waals surface area contributed by atoms with Gasteiger partial charge in [0.05, 0.1) is 0 Å². The fraction of sp³-hybridized carbons (Fsp3) is 0.250. The zero-order valence-electron chi connectivity index (χ0n) is 6.65. The summed E-state index contributed by atoms with van der Waals surface area (Å²) in [5.41, 5.74) is -0.227. The predicted octanol–water partition coefficient (Wildman–Crippen LogP) is 3.50.